The number of cyclic esters (lactones) is 1. The third-order valence-electron chi connectivity index (χ3n) is 2.68. The molecule has 1 fully saturated rings. The minimum absolute atomic E-state index is 0.299. The normalized spacial score (nSPS) is 18.4. The molecule has 0 spiro atoms. The van der Waals surface area contributed by atoms with Crippen LogP contribution < -0.4 is 4.74 Å². The first-order chi connectivity index (χ1) is 9.20. The Morgan fingerprint density at radius 1 is 1.42 bits per heavy atom. The average molecular weight is 262 g/mol. The van der Waals surface area contributed by atoms with Crippen LogP contribution in [0, 0.1) is 0 Å². The van der Waals surface area contributed by atoms with Crippen molar-refractivity contribution in [3.8, 4) is 5.75 Å². The molecular weight excluding hydrogens is 248 g/mol. The fourth-order valence-corrected chi connectivity index (χ4v) is 1.73. The van der Waals surface area contributed by atoms with E-state index >= 15 is 0 Å². The zero-order valence-electron chi connectivity index (χ0n) is 10.5. The van der Waals surface area contributed by atoms with Crippen LogP contribution in [0.2, 0.25) is 0 Å². The van der Waals surface area contributed by atoms with Gasteiger partial charge >= 0.3 is 11.9 Å². The maximum atomic E-state index is 11.6. The smallest absolute Gasteiger partial charge is 0.347 e. The van der Waals surface area contributed by atoms with E-state index in [1.165, 1.54) is 6.08 Å². The maximum absolute atomic E-state index is 11.6. The summed E-state index contributed by atoms with van der Waals surface area (Å²) in [5.41, 5.74) is 0.760. The van der Waals surface area contributed by atoms with E-state index in [9.17, 15) is 9.59 Å². The molecule has 0 bridgehead atoms. The molecule has 1 aliphatic heterocycles. The fraction of sp³-hybridized carbons (Fsp3) is 0.286. The van der Waals surface area contributed by atoms with Crippen molar-refractivity contribution in [3.05, 3.63) is 35.9 Å². The summed E-state index contributed by atoms with van der Waals surface area (Å²) in [6.45, 7) is 0.299. The van der Waals surface area contributed by atoms with Crippen LogP contribution in [0.1, 0.15) is 12.0 Å². The minimum atomic E-state index is -0.783. The van der Waals surface area contributed by atoms with Crippen LogP contribution in [0.3, 0.4) is 0 Å². The van der Waals surface area contributed by atoms with Crippen molar-refractivity contribution >= 4 is 18.0 Å². The lowest BCUT2D eigenvalue weighted by molar-refractivity contribution is -0.156. The zero-order chi connectivity index (χ0) is 13.7. The summed E-state index contributed by atoms with van der Waals surface area (Å²) in [5.74, 6) is -0.402. The minimum Gasteiger partial charge on any atom is -0.496 e. The van der Waals surface area contributed by atoms with Gasteiger partial charge in [-0.2, -0.15) is 0 Å². The summed E-state index contributed by atoms with van der Waals surface area (Å²) < 4.78 is 14.8. The Morgan fingerprint density at radius 3 is 2.89 bits per heavy atom. The number of methoxy groups -OCH3 is 1. The summed E-state index contributed by atoms with van der Waals surface area (Å²) in [6, 6.07) is 7.27. The van der Waals surface area contributed by atoms with Gasteiger partial charge in [-0.15, -0.1) is 0 Å². The highest BCUT2D eigenvalue weighted by molar-refractivity contribution is 5.90. The number of benzene rings is 1. The fourth-order valence-electron chi connectivity index (χ4n) is 1.73. The van der Waals surface area contributed by atoms with E-state index in [1.807, 2.05) is 18.2 Å². The summed E-state index contributed by atoms with van der Waals surface area (Å²) >= 11 is 0. The van der Waals surface area contributed by atoms with Crippen molar-refractivity contribution in [3.63, 3.8) is 0 Å². The second-order valence-corrected chi connectivity index (χ2v) is 3.96. The van der Waals surface area contributed by atoms with Gasteiger partial charge in [-0.25, -0.2) is 9.59 Å². The molecule has 1 aliphatic rings. The summed E-state index contributed by atoms with van der Waals surface area (Å²) in [4.78, 5) is 22.7. The molecule has 2 rings (SSSR count). The van der Waals surface area contributed by atoms with Crippen molar-refractivity contribution in [1.29, 1.82) is 0 Å². The van der Waals surface area contributed by atoms with Gasteiger partial charge in [0.25, 0.3) is 0 Å². The van der Waals surface area contributed by atoms with Gasteiger partial charge in [0.05, 0.1) is 13.7 Å². The number of esters is 2. The second-order valence-electron chi connectivity index (χ2n) is 3.96. The molecule has 100 valence electrons. The lowest BCUT2D eigenvalue weighted by Crippen LogP contribution is -2.21. The number of para-hydroxylation sites is 1. The topological polar surface area (TPSA) is 61.8 Å². The molecule has 1 aromatic rings. The molecule has 0 aromatic heterocycles. The van der Waals surface area contributed by atoms with E-state index in [0.29, 0.717) is 18.8 Å². The van der Waals surface area contributed by atoms with Gasteiger partial charge in [-0.3, -0.25) is 0 Å². The van der Waals surface area contributed by atoms with E-state index in [-0.39, 0.29) is 0 Å². The van der Waals surface area contributed by atoms with Crippen LogP contribution >= 0.6 is 0 Å². The number of carbonyl (C=O) groups excluding carboxylic acids is 2. The molecule has 19 heavy (non-hydrogen) atoms. The maximum Gasteiger partial charge on any atom is 0.347 e. The first-order valence-corrected chi connectivity index (χ1v) is 5.89. The Kier molecular flexibility index (Phi) is 4.18. The molecule has 0 unspecified atom stereocenters. The molecule has 1 saturated heterocycles. The molecule has 5 nitrogen and oxygen atoms in total. The number of rotatable bonds is 4. The first kappa shape index (κ1) is 13.1. The molecular formula is C14H14O5. The van der Waals surface area contributed by atoms with Crippen LogP contribution in [0.25, 0.3) is 6.08 Å². The van der Waals surface area contributed by atoms with Crippen molar-refractivity contribution in [2.24, 2.45) is 0 Å². The zero-order valence-corrected chi connectivity index (χ0v) is 10.5. The number of hydrogen-bond donors (Lipinski definition) is 0. The molecule has 0 amide bonds. The van der Waals surface area contributed by atoms with Crippen LogP contribution in [0.15, 0.2) is 30.3 Å². The predicted molar refractivity (Wildman–Crippen MR) is 67.5 cm³/mol. The Morgan fingerprint density at radius 2 is 2.21 bits per heavy atom. The highest BCUT2D eigenvalue weighted by Crippen LogP contribution is 2.19. The lowest BCUT2D eigenvalue weighted by Gasteiger charge is -2.06. The highest BCUT2D eigenvalue weighted by atomic mass is 16.6. The summed E-state index contributed by atoms with van der Waals surface area (Å²) in [6.07, 6.45) is 2.48. The third kappa shape index (κ3) is 3.34. The molecule has 0 saturated carbocycles. The predicted octanol–water partition coefficient (Wildman–Crippen LogP) is 1.57. The van der Waals surface area contributed by atoms with E-state index in [1.54, 1.807) is 19.3 Å². The quantitative estimate of drug-likeness (QED) is 0.608. The van der Waals surface area contributed by atoms with Gasteiger partial charge in [-0.1, -0.05) is 18.2 Å². The number of ether oxygens (including phenoxy) is 3. The van der Waals surface area contributed by atoms with E-state index < -0.39 is 18.0 Å². The van der Waals surface area contributed by atoms with Gasteiger partial charge in [0, 0.05) is 18.1 Å². The Hall–Kier alpha value is -2.30. The van der Waals surface area contributed by atoms with Crippen LogP contribution in [-0.2, 0) is 19.1 Å². The molecule has 1 aromatic carbocycles. The summed E-state index contributed by atoms with van der Waals surface area (Å²) in [5, 5.41) is 0. The Bertz CT molecular complexity index is 506. The molecule has 0 aliphatic carbocycles. The highest BCUT2D eigenvalue weighted by Gasteiger charge is 2.29. The number of carbonyl (C=O) groups is 2. The van der Waals surface area contributed by atoms with E-state index in [0.717, 1.165) is 5.56 Å². The SMILES string of the molecule is COc1ccccc1/C=C/C(=O)O[C@H]1CCOC1=O. The summed E-state index contributed by atoms with van der Waals surface area (Å²) in [7, 11) is 1.56. The molecule has 1 heterocycles. The molecule has 0 N–H and O–H groups in total. The number of hydrogen-bond acceptors (Lipinski definition) is 5. The van der Waals surface area contributed by atoms with Gasteiger partial charge in [0.1, 0.15) is 5.75 Å². The van der Waals surface area contributed by atoms with Gasteiger partial charge < -0.3 is 14.2 Å². The third-order valence-corrected chi connectivity index (χ3v) is 2.68. The van der Waals surface area contributed by atoms with Crippen LogP contribution in [0.4, 0.5) is 0 Å². The lowest BCUT2D eigenvalue weighted by atomic mass is 10.2. The monoisotopic (exact) mass is 262 g/mol. The molecule has 1 atom stereocenters. The van der Waals surface area contributed by atoms with Crippen LogP contribution in [0.5, 0.6) is 5.75 Å². The largest absolute Gasteiger partial charge is 0.496 e. The van der Waals surface area contributed by atoms with Crippen molar-refractivity contribution in [2.75, 3.05) is 13.7 Å². The van der Waals surface area contributed by atoms with Crippen LogP contribution in [-0.4, -0.2) is 31.8 Å². The van der Waals surface area contributed by atoms with Gasteiger partial charge in [0.15, 0.2) is 0 Å². The standard InChI is InChI=1S/C14H14O5/c1-17-11-5-3-2-4-10(11)6-7-13(15)19-12-8-9-18-14(12)16/h2-7,12H,8-9H2,1H3/b7-6+/t12-/m0/s1. The second kappa shape index (κ2) is 6.04. The first-order valence-electron chi connectivity index (χ1n) is 5.89. The van der Waals surface area contributed by atoms with Crippen molar-refractivity contribution < 1.29 is 23.8 Å². The van der Waals surface area contributed by atoms with E-state index in [4.69, 9.17) is 14.2 Å². The molecule has 0 radical (unpaired) electrons. The Balaban J connectivity index is 1.98. The van der Waals surface area contributed by atoms with Gasteiger partial charge in [-0.05, 0) is 12.1 Å². The van der Waals surface area contributed by atoms with Crippen molar-refractivity contribution in [2.45, 2.75) is 12.5 Å². The van der Waals surface area contributed by atoms with Gasteiger partial charge in [0.2, 0.25) is 6.10 Å². The molecule has 5 heteroatoms. The van der Waals surface area contributed by atoms with Crippen molar-refractivity contribution in [1.82, 2.24) is 0 Å². The Labute approximate surface area is 110 Å². The average Bonchev–Trinajstić information content (AvgIpc) is 2.82. The van der Waals surface area contributed by atoms with E-state index in [2.05, 4.69) is 0 Å².